The lowest BCUT2D eigenvalue weighted by atomic mass is 10.0. The predicted octanol–water partition coefficient (Wildman–Crippen LogP) is 4.27. The van der Waals surface area contributed by atoms with E-state index in [1.165, 1.54) is 0 Å². The highest BCUT2D eigenvalue weighted by atomic mass is 16.5. The van der Waals surface area contributed by atoms with Crippen LogP contribution in [0.1, 0.15) is 19.4 Å². The van der Waals surface area contributed by atoms with Gasteiger partial charge in [-0.2, -0.15) is 5.26 Å². The number of hydrogen-bond acceptors (Lipinski definition) is 2. The second-order valence-corrected chi connectivity index (χ2v) is 3.80. The van der Waals surface area contributed by atoms with E-state index in [2.05, 4.69) is 6.07 Å². The smallest absolute Gasteiger partial charge is 0.0998 e. The van der Waals surface area contributed by atoms with Crippen LogP contribution in [-0.4, -0.2) is 13.2 Å². The maximum Gasteiger partial charge on any atom is 0.0998 e. The van der Waals surface area contributed by atoms with Gasteiger partial charge in [-0.1, -0.05) is 48.5 Å². The maximum absolute atomic E-state index is 8.93. The third-order valence-electron chi connectivity index (χ3n) is 2.54. The Morgan fingerprint density at radius 3 is 2.00 bits per heavy atom. The van der Waals surface area contributed by atoms with Crippen molar-refractivity contribution in [2.45, 2.75) is 13.8 Å². The van der Waals surface area contributed by atoms with E-state index < -0.39 is 0 Å². The molecule has 0 amide bonds. The molecule has 0 spiro atoms. The van der Waals surface area contributed by atoms with Crippen molar-refractivity contribution in [3.63, 3.8) is 0 Å². The minimum atomic E-state index is 0.721. The second kappa shape index (κ2) is 8.91. The van der Waals surface area contributed by atoms with Crippen LogP contribution < -0.4 is 0 Å². The summed E-state index contributed by atoms with van der Waals surface area (Å²) in [5, 5.41) is 8.93. The summed E-state index contributed by atoms with van der Waals surface area (Å²) in [6, 6.07) is 19.8. The van der Waals surface area contributed by atoms with Gasteiger partial charge < -0.3 is 4.74 Å². The van der Waals surface area contributed by atoms with Crippen LogP contribution in [0.2, 0.25) is 0 Å². The minimum Gasteiger partial charge on any atom is -0.382 e. The van der Waals surface area contributed by atoms with Crippen molar-refractivity contribution in [2.24, 2.45) is 0 Å². The van der Waals surface area contributed by atoms with Gasteiger partial charge in [0.05, 0.1) is 11.6 Å². The van der Waals surface area contributed by atoms with Gasteiger partial charge in [0.25, 0.3) is 0 Å². The molecule has 19 heavy (non-hydrogen) atoms. The Kier molecular flexibility index (Phi) is 7.01. The van der Waals surface area contributed by atoms with Gasteiger partial charge in [0.2, 0.25) is 0 Å². The molecule has 0 radical (unpaired) electrons. The molecule has 0 fully saturated rings. The van der Waals surface area contributed by atoms with E-state index in [1.807, 2.05) is 68.4 Å². The highest BCUT2D eigenvalue weighted by molar-refractivity contribution is 5.70. The monoisotopic (exact) mass is 253 g/mol. The molecule has 0 aliphatic rings. The van der Waals surface area contributed by atoms with Gasteiger partial charge in [-0.3, -0.25) is 0 Å². The molecule has 2 aromatic rings. The van der Waals surface area contributed by atoms with Gasteiger partial charge in [0.1, 0.15) is 0 Å². The van der Waals surface area contributed by atoms with Crippen molar-refractivity contribution in [1.29, 1.82) is 5.26 Å². The molecule has 0 aromatic heterocycles. The van der Waals surface area contributed by atoms with Gasteiger partial charge in [-0.15, -0.1) is 0 Å². The average molecular weight is 253 g/mol. The first-order valence-electron chi connectivity index (χ1n) is 6.45. The van der Waals surface area contributed by atoms with Crippen LogP contribution in [0.5, 0.6) is 0 Å². The summed E-state index contributed by atoms with van der Waals surface area (Å²) < 4.78 is 4.83. The molecular formula is C17H19NO. The van der Waals surface area contributed by atoms with Crippen molar-refractivity contribution >= 4 is 0 Å². The first kappa shape index (κ1) is 14.9. The number of rotatable bonds is 3. The molecule has 0 saturated heterocycles. The molecule has 2 rings (SSSR count). The van der Waals surface area contributed by atoms with E-state index in [0.717, 1.165) is 29.9 Å². The van der Waals surface area contributed by atoms with Crippen molar-refractivity contribution in [3.05, 3.63) is 60.2 Å². The summed E-state index contributed by atoms with van der Waals surface area (Å²) in [4.78, 5) is 0. The quantitative estimate of drug-likeness (QED) is 0.818. The Labute approximate surface area is 115 Å². The van der Waals surface area contributed by atoms with E-state index in [-0.39, 0.29) is 0 Å². The Hall–Kier alpha value is -2.11. The summed E-state index contributed by atoms with van der Waals surface area (Å²) in [5.41, 5.74) is 2.80. The Morgan fingerprint density at radius 1 is 0.895 bits per heavy atom. The number of ether oxygens (including phenoxy) is 1. The molecule has 0 bridgehead atoms. The number of hydrogen-bond donors (Lipinski definition) is 0. The molecule has 2 heteroatoms. The summed E-state index contributed by atoms with van der Waals surface area (Å²) >= 11 is 0. The summed E-state index contributed by atoms with van der Waals surface area (Å²) in [6.07, 6.45) is 0. The van der Waals surface area contributed by atoms with Gasteiger partial charge in [-0.05, 0) is 31.0 Å². The zero-order chi connectivity index (χ0) is 13.9. The van der Waals surface area contributed by atoms with Crippen molar-refractivity contribution in [3.8, 4) is 17.2 Å². The van der Waals surface area contributed by atoms with Crippen LogP contribution in [0.15, 0.2) is 54.6 Å². The first-order chi connectivity index (χ1) is 9.33. The lowest BCUT2D eigenvalue weighted by Crippen LogP contribution is -1.84. The fourth-order valence-corrected chi connectivity index (χ4v) is 1.65. The lowest BCUT2D eigenvalue weighted by Gasteiger charge is -2.02. The van der Waals surface area contributed by atoms with E-state index in [4.69, 9.17) is 10.00 Å². The molecule has 0 atom stereocenters. The molecule has 2 nitrogen and oxygen atoms in total. The highest BCUT2D eigenvalue weighted by Gasteiger charge is 2.01. The van der Waals surface area contributed by atoms with Crippen molar-refractivity contribution in [1.82, 2.24) is 0 Å². The molecule has 0 aliphatic carbocycles. The predicted molar refractivity (Wildman–Crippen MR) is 78.8 cm³/mol. The van der Waals surface area contributed by atoms with Crippen molar-refractivity contribution < 1.29 is 4.74 Å². The first-order valence-corrected chi connectivity index (χ1v) is 6.45. The fraction of sp³-hybridized carbons (Fsp3) is 0.235. The Balaban J connectivity index is 0.000000312. The SMILES string of the molecule is CCOCC.N#Cc1ccccc1-c1ccccc1. The van der Waals surface area contributed by atoms with Gasteiger partial charge in [0, 0.05) is 13.2 Å². The van der Waals surface area contributed by atoms with Gasteiger partial charge >= 0.3 is 0 Å². The highest BCUT2D eigenvalue weighted by Crippen LogP contribution is 2.22. The second-order valence-electron chi connectivity index (χ2n) is 3.80. The molecule has 0 unspecified atom stereocenters. The zero-order valence-corrected chi connectivity index (χ0v) is 11.5. The third-order valence-corrected chi connectivity index (χ3v) is 2.54. The molecule has 2 aromatic carbocycles. The van der Waals surface area contributed by atoms with Crippen LogP contribution in [0, 0.1) is 11.3 Å². The molecule has 0 heterocycles. The van der Waals surface area contributed by atoms with Gasteiger partial charge in [-0.25, -0.2) is 0 Å². The maximum atomic E-state index is 8.93. The van der Waals surface area contributed by atoms with Gasteiger partial charge in [0.15, 0.2) is 0 Å². The van der Waals surface area contributed by atoms with Crippen molar-refractivity contribution in [2.75, 3.05) is 13.2 Å². The summed E-state index contributed by atoms with van der Waals surface area (Å²) in [7, 11) is 0. The lowest BCUT2D eigenvalue weighted by molar-refractivity contribution is 0.162. The zero-order valence-electron chi connectivity index (χ0n) is 11.5. The fourth-order valence-electron chi connectivity index (χ4n) is 1.65. The van der Waals surface area contributed by atoms with Crippen LogP contribution in [0.3, 0.4) is 0 Å². The number of nitriles is 1. The third kappa shape index (κ3) is 4.95. The number of nitrogens with zero attached hydrogens (tertiary/aromatic N) is 1. The largest absolute Gasteiger partial charge is 0.382 e. The molecule has 98 valence electrons. The Morgan fingerprint density at radius 2 is 1.47 bits per heavy atom. The number of benzene rings is 2. The van der Waals surface area contributed by atoms with Crippen LogP contribution in [0.4, 0.5) is 0 Å². The van der Waals surface area contributed by atoms with E-state index in [9.17, 15) is 0 Å². The van der Waals surface area contributed by atoms with Crippen LogP contribution >= 0.6 is 0 Å². The van der Waals surface area contributed by atoms with Crippen LogP contribution in [-0.2, 0) is 4.74 Å². The molecular weight excluding hydrogens is 234 g/mol. The minimum absolute atomic E-state index is 0.721. The standard InChI is InChI=1S/C13H9N.C4H10O/c14-10-12-8-4-5-9-13(12)11-6-2-1-3-7-11;1-3-5-4-2/h1-9H;3-4H2,1-2H3. The summed E-state index contributed by atoms with van der Waals surface area (Å²) in [6.45, 7) is 5.67. The van der Waals surface area contributed by atoms with Crippen LogP contribution in [0.25, 0.3) is 11.1 Å². The van der Waals surface area contributed by atoms with E-state index in [1.54, 1.807) is 0 Å². The molecule has 0 N–H and O–H groups in total. The molecule has 0 saturated carbocycles. The average Bonchev–Trinajstić information content (AvgIpc) is 2.49. The normalized spacial score (nSPS) is 9.11. The topological polar surface area (TPSA) is 33.0 Å². The Bertz CT molecular complexity index is 512. The van der Waals surface area contributed by atoms with E-state index >= 15 is 0 Å². The van der Waals surface area contributed by atoms with E-state index in [0.29, 0.717) is 0 Å². The summed E-state index contributed by atoms with van der Waals surface area (Å²) in [5.74, 6) is 0. The molecule has 0 aliphatic heterocycles.